The van der Waals surface area contributed by atoms with Gasteiger partial charge in [0.2, 0.25) is 5.88 Å². The van der Waals surface area contributed by atoms with Gasteiger partial charge in [0, 0.05) is 0 Å². The van der Waals surface area contributed by atoms with Crippen molar-refractivity contribution < 1.29 is 4.74 Å². The fourth-order valence-corrected chi connectivity index (χ4v) is 0.465. The Morgan fingerprint density at radius 3 is 2.62 bits per heavy atom. The van der Waals surface area contributed by atoms with Gasteiger partial charge in [-0.2, -0.15) is 0 Å². The van der Waals surface area contributed by atoms with E-state index in [1.165, 1.54) is 0 Å². The number of nitrogens with one attached hydrogen (secondary N) is 1. The summed E-state index contributed by atoms with van der Waals surface area (Å²) in [6, 6.07) is 0. The molecule has 4 heteroatoms. The zero-order valence-electron chi connectivity index (χ0n) is 4.80. The van der Waals surface area contributed by atoms with Crippen LogP contribution in [0.3, 0.4) is 0 Å². The molecule has 1 N–H and O–H groups in total. The van der Waals surface area contributed by atoms with Crippen LogP contribution in [0.1, 0.15) is 5.69 Å². The van der Waals surface area contributed by atoms with Crippen LogP contribution in [0.4, 0.5) is 0 Å². The van der Waals surface area contributed by atoms with Gasteiger partial charge in [0.25, 0.3) is 0 Å². The van der Waals surface area contributed by atoms with Crippen LogP contribution >= 0.6 is 0 Å². The lowest BCUT2D eigenvalue weighted by molar-refractivity contribution is 0.394. The molecule has 0 aliphatic heterocycles. The van der Waals surface area contributed by atoms with Gasteiger partial charge in [-0.15, -0.1) is 5.10 Å². The molecule has 1 aromatic rings. The molecule has 1 aromatic heterocycles. The summed E-state index contributed by atoms with van der Waals surface area (Å²) in [4.78, 5) is 0. The first kappa shape index (κ1) is 5.08. The second-order valence-corrected chi connectivity index (χ2v) is 1.43. The van der Waals surface area contributed by atoms with Crippen molar-refractivity contribution in [1.82, 2.24) is 15.4 Å². The summed E-state index contributed by atoms with van der Waals surface area (Å²) in [6.45, 7) is 1.82. The second kappa shape index (κ2) is 1.81. The van der Waals surface area contributed by atoms with E-state index >= 15 is 0 Å². The maximum atomic E-state index is 4.80. The van der Waals surface area contributed by atoms with Gasteiger partial charge in [-0.3, -0.25) is 0 Å². The Balaban J connectivity index is 2.92. The quantitative estimate of drug-likeness (QED) is 0.562. The Bertz CT molecular complexity index is 172. The van der Waals surface area contributed by atoms with Crippen LogP contribution in [0, 0.1) is 6.92 Å². The third kappa shape index (κ3) is 0.641. The topological polar surface area (TPSA) is 50.8 Å². The normalized spacial score (nSPS) is 9.25. The summed E-state index contributed by atoms with van der Waals surface area (Å²) >= 11 is 0. The van der Waals surface area contributed by atoms with E-state index in [1.54, 1.807) is 7.11 Å². The maximum Gasteiger partial charge on any atom is 0.232 e. The van der Waals surface area contributed by atoms with Crippen LogP contribution in [0.2, 0.25) is 0 Å². The van der Waals surface area contributed by atoms with E-state index in [4.69, 9.17) is 4.74 Å². The SMILES string of the molecule is COc1[nH]nnc1C. The molecular weight excluding hydrogens is 106 g/mol. The highest BCUT2D eigenvalue weighted by Gasteiger charge is 1.96. The van der Waals surface area contributed by atoms with Crippen LogP contribution in [-0.4, -0.2) is 22.5 Å². The lowest BCUT2D eigenvalue weighted by Gasteiger charge is -1.89. The van der Waals surface area contributed by atoms with E-state index in [2.05, 4.69) is 15.4 Å². The minimum Gasteiger partial charge on any atom is -0.480 e. The Morgan fingerprint density at radius 2 is 2.38 bits per heavy atom. The summed E-state index contributed by atoms with van der Waals surface area (Å²) in [5.74, 6) is 0.630. The third-order valence-corrected chi connectivity index (χ3v) is 0.884. The van der Waals surface area contributed by atoms with Crippen molar-refractivity contribution in [1.29, 1.82) is 0 Å². The number of aromatic nitrogens is 3. The van der Waals surface area contributed by atoms with Crippen molar-refractivity contribution >= 4 is 0 Å². The van der Waals surface area contributed by atoms with E-state index < -0.39 is 0 Å². The molecule has 0 aliphatic carbocycles. The summed E-state index contributed by atoms with van der Waals surface area (Å²) in [5, 5.41) is 9.72. The first-order valence-corrected chi connectivity index (χ1v) is 2.26. The highest BCUT2D eigenvalue weighted by molar-refractivity contribution is 5.11. The largest absolute Gasteiger partial charge is 0.480 e. The molecule has 0 aliphatic rings. The molecular formula is C4H7N3O. The number of hydrogen-bond acceptors (Lipinski definition) is 3. The zero-order valence-corrected chi connectivity index (χ0v) is 4.80. The van der Waals surface area contributed by atoms with Gasteiger partial charge in [-0.1, -0.05) is 5.21 Å². The number of aryl methyl sites for hydroxylation is 1. The van der Waals surface area contributed by atoms with Crippen molar-refractivity contribution in [2.45, 2.75) is 6.92 Å². The van der Waals surface area contributed by atoms with Crippen molar-refractivity contribution in [3.8, 4) is 5.88 Å². The molecule has 8 heavy (non-hydrogen) atoms. The van der Waals surface area contributed by atoms with Gasteiger partial charge in [-0.05, 0) is 6.92 Å². The molecule has 1 heterocycles. The fourth-order valence-electron chi connectivity index (χ4n) is 0.465. The molecule has 0 spiro atoms. The first-order chi connectivity index (χ1) is 3.84. The van der Waals surface area contributed by atoms with Crippen molar-refractivity contribution in [3.05, 3.63) is 5.69 Å². The standard InChI is InChI=1S/C4H7N3O/c1-3-4(8-2)6-7-5-3/h1-2H3,(H,5,6,7). The fraction of sp³-hybridized carbons (Fsp3) is 0.500. The van der Waals surface area contributed by atoms with Gasteiger partial charge < -0.3 is 4.74 Å². The third-order valence-electron chi connectivity index (χ3n) is 0.884. The Labute approximate surface area is 46.9 Å². The lowest BCUT2D eigenvalue weighted by Crippen LogP contribution is -1.83. The molecule has 0 bridgehead atoms. The molecule has 0 unspecified atom stereocenters. The Morgan fingerprint density at radius 1 is 1.62 bits per heavy atom. The van der Waals surface area contributed by atoms with Gasteiger partial charge in [0.15, 0.2) is 0 Å². The van der Waals surface area contributed by atoms with Crippen LogP contribution in [-0.2, 0) is 0 Å². The van der Waals surface area contributed by atoms with E-state index in [0.717, 1.165) is 5.69 Å². The highest BCUT2D eigenvalue weighted by Crippen LogP contribution is 2.05. The summed E-state index contributed by atoms with van der Waals surface area (Å²) in [5.41, 5.74) is 0.785. The second-order valence-electron chi connectivity index (χ2n) is 1.43. The predicted octanol–water partition coefficient (Wildman–Crippen LogP) is 0.122. The van der Waals surface area contributed by atoms with Crippen molar-refractivity contribution in [2.24, 2.45) is 0 Å². The van der Waals surface area contributed by atoms with E-state index in [-0.39, 0.29) is 0 Å². The number of H-pyrrole nitrogens is 1. The van der Waals surface area contributed by atoms with Crippen molar-refractivity contribution in [2.75, 3.05) is 7.11 Å². The minimum absolute atomic E-state index is 0.630. The maximum absolute atomic E-state index is 4.80. The van der Waals surface area contributed by atoms with E-state index in [1.807, 2.05) is 6.92 Å². The molecule has 4 nitrogen and oxygen atoms in total. The van der Waals surface area contributed by atoms with Gasteiger partial charge in [-0.25, -0.2) is 5.10 Å². The molecule has 0 atom stereocenters. The number of methoxy groups -OCH3 is 1. The van der Waals surface area contributed by atoms with Crippen LogP contribution in [0.15, 0.2) is 0 Å². The van der Waals surface area contributed by atoms with E-state index in [9.17, 15) is 0 Å². The number of ether oxygens (including phenoxy) is 1. The van der Waals surface area contributed by atoms with Crippen LogP contribution in [0.5, 0.6) is 5.88 Å². The molecule has 0 amide bonds. The Hall–Kier alpha value is -1.06. The van der Waals surface area contributed by atoms with Gasteiger partial charge in [0.05, 0.1) is 7.11 Å². The molecule has 0 saturated heterocycles. The van der Waals surface area contributed by atoms with Crippen LogP contribution < -0.4 is 4.74 Å². The minimum atomic E-state index is 0.630. The average Bonchev–Trinajstić information content (AvgIpc) is 2.14. The smallest absolute Gasteiger partial charge is 0.232 e. The molecule has 0 saturated carbocycles. The first-order valence-electron chi connectivity index (χ1n) is 2.26. The summed E-state index contributed by atoms with van der Waals surface area (Å²) in [7, 11) is 1.57. The highest BCUT2D eigenvalue weighted by atomic mass is 16.5. The molecule has 1 rings (SSSR count). The summed E-state index contributed by atoms with van der Waals surface area (Å²) < 4.78 is 4.80. The molecule has 0 fully saturated rings. The van der Waals surface area contributed by atoms with E-state index in [0.29, 0.717) is 5.88 Å². The number of hydrogen-bond donors (Lipinski definition) is 1. The van der Waals surface area contributed by atoms with Crippen molar-refractivity contribution in [3.63, 3.8) is 0 Å². The van der Waals surface area contributed by atoms with Crippen LogP contribution in [0.25, 0.3) is 0 Å². The Kier molecular flexibility index (Phi) is 1.15. The number of nitrogens with zero attached hydrogens (tertiary/aromatic N) is 2. The zero-order chi connectivity index (χ0) is 5.98. The lowest BCUT2D eigenvalue weighted by atomic mass is 10.5. The molecule has 0 radical (unpaired) electrons. The monoisotopic (exact) mass is 113 g/mol. The average molecular weight is 113 g/mol. The number of rotatable bonds is 1. The van der Waals surface area contributed by atoms with Gasteiger partial charge in [0.1, 0.15) is 5.69 Å². The van der Waals surface area contributed by atoms with Gasteiger partial charge >= 0.3 is 0 Å². The predicted molar refractivity (Wildman–Crippen MR) is 27.7 cm³/mol. The number of aromatic amines is 1. The molecule has 44 valence electrons. The molecule has 0 aromatic carbocycles. The summed E-state index contributed by atoms with van der Waals surface area (Å²) in [6.07, 6.45) is 0.